The van der Waals surface area contributed by atoms with Crippen LogP contribution >= 0.6 is 0 Å². The molecule has 0 spiro atoms. The molecule has 0 saturated carbocycles. The van der Waals surface area contributed by atoms with Crippen molar-refractivity contribution < 1.29 is 4.42 Å². The van der Waals surface area contributed by atoms with Crippen LogP contribution in [0, 0.1) is 6.92 Å². The van der Waals surface area contributed by atoms with Crippen molar-refractivity contribution in [3.8, 4) is 0 Å². The third-order valence-electron chi connectivity index (χ3n) is 2.42. The summed E-state index contributed by atoms with van der Waals surface area (Å²) in [5.41, 5.74) is 2.34. The zero-order valence-electron chi connectivity index (χ0n) is 8.62. The van der Waals surface area contributed by atoms with Crippen molar-refractivity contribution in [1.29, 1.82) is 0 Å². The predicted molar refractivity (Wildman–Crippen MR) is 61.1 cm³/mol. The van der Waals surface area contributed by atoms with Crippen LogP contribution in [-0.4, -0.2) is 0 Å². The summed E-state index contributed by atoms with van der Waals surface area (Å²) >= 11 is 0. The van der Waals surface area contributed by atoms with Crippen LogP contribution < -0.4 is 5.63 Å². The molecule has 0 unspecified atom stereocenters. The van der Waals surface area contributed by atoms with Gasteiger partial charge in [-0.1, -0.05) is 24.3 Å². The van der Waals surface area contributed by atoms with E-state index in [0.717, 1.165) is 16.5 Å². The van der Waals surface area contributed by atoms with Crippen LogP contribution in [0.2, 0.25) is 0 Å². The van der Waals surface area contributed by atoms with Crippen LogP contribution in [-0.2, 0) is 6.42 Å². The molecule has 15 heavy (non-hydrogen) atoms. The van der Waals surface area contributed by atoms with Crippen molar-refractivity contribution >= 4 is 11.0 Å². The van der Waals surface area contributed by atoms with Crippen molar-refractivity contribution in [2.24, 2.45) is 0 Å². The molecule has 2 rings (SSSR count). The summed E-state index contributed by atoms with van der Waals surface area (Å²) in [6.07, 6.45) is 2.51. The topological polar surface area (TPSA) is 30.2 Å². The number of hydrogen-bond acceptors (Lipinski definition) is 2. The maximum atomic E-state index is 11.3. The molecule has 2 heteroatoms. The zero-order chi connectivity index (χ0) is 10.8. The Morgan fingerprint density at radius 1 is 1.47 bits per heavy atom. The summed E-state index contributed by atoms with van der Waals surface area (Å²) in [6.45, 7) is 5.60. The first-order valence-corrected chi connectivity index (χ1v) is 4.85. The lowest BCUT2D eigenvalue weighted by Gasteiger charge is -2.04. The van der Waals surface area contributed by atoms with E-state index in [1.807, 2.05) is 25.1 Å². The first-order chi connectivity index (χ1) is 7.22. The number of hydrogen-bond donors (Lipinski definition) is 0. The Bertz CT molecular complexity index is 564. The molecule has 0 bridgehead atoms. The summed E-state index contributed by atoms with van der Waals surface area (Å²) < 4.78 is 5.22. The highest BCUT2D eigenvalue weighted by atomic mass is 16.4. The molecule has 0 aliphatic carbocycles. The monoisotopic (exact) mass is 200 g/mol. The van der Waals surface area contributed by atoms with Gasteiger partial charge in [0.25, 0.3) is 0 Å². The molecule has 0 aliphatic rings. The molecule has 76 valence electrons. The number of allylic oxidation sites excluding steroid dienone is 1. The SMILES string of the molecule is C=CCc1cccc2c(C)cc(=O)oc12. The maximum absolute atomic E-state index is 11.3. The minimum Gasteiger partial charge on any atom is -0.422 e. The molecule has 2 aromatic rings. The van der Waals surface area contributed by atoms with Crippen molar-refractivity contribution in [3.63, 3.8) is 0 Å². The largest absolute Gasteiger partial charge is 0.422 e. The normalized spacial score (nSPS) is 10.5. The Morgan fingerprint density at radius 2 is 2.27 bits per heavy atom. The van der Waals surface area contributed by atoms with Gasteiger partial charge in [-0.2, -0.15) is 0 Å². The number of rotatable bonds is 2. The lowest BCUT2D eigenvalue weighted by Crippen LogP contribution is -1.99. The molecule has 1 aromatic heterocycles. The molecule has 1 heterocycles. The van der Waals surface area contributed by atoms with Crippen LogP contribution in [0.3, 0.4) is 0 Å². The van der Waals surface area contributed by atoms with Crippen molar-refractivity contribution in [2.75, 3.05) is 0 Å². The quantitative estimate of drug-likeness (QED) is 0.551. The summed E-state index contributed by atoms with van der Waals surface area (Å²) in [5.74, 6) is 0. The standard InChI is InChI=1S/C13H12O2/c1-3-5-10-6-4-7-11-9(2)8-12(14)15-13(10)11/h3-4,6-8H,1,5H2,2H3. The van der Waals surface area contributed by atoms with E-state index in [4.69, 9.17) is 4.42 Å². The molecule has 0 saturated heterocycles. The number of fused-ring (bicyclic) bond motifs is 1. The van der Waals surface area contributed by atoms with Gasteiger partial charge in [-0.25, -0.2) is 4.79 Å². The summed E-state index contributed by atoms with van der Waals surface area (Å²) in [4.78, 5) is 11.3. The lowest BCUT2D eigenvalue weighted by atomic mass is 10.1. The summed E-state index contributed by atoms with van der Waals surface area (Å²) in [5, 5.41) is 0.994. The van der Waals surface area contributed by atoms with Crippen LogP contribution in [0.5, 0.6) is 0 Å². The third-order valence-corrected chi connectivity index (χ3v) is 2.42. The van der Waals surface area contributed by atoms with E-state index in [0.29, 0.717) is 12.0 Å². The van der Waals surface area contributed by atoms with Gasteiger partial charge in [-0.05, 0) is 24.5 Å². The molecule has 1 aromatic carbocycles. The van der Waals surface area contributed by atoms with E-state index < -0.39 is 0 Å². The van der Waals surface area contributed by atoms with Gasteiger partial charge in [-0.3, -0.25) is 0 Å². The third kappa shape index (κ3) is 1.71. The second kappa shape index (κ2) is 3.73. The zero-order valence-corrected chi connectivity index (χ0v) is 8.62. The van der Waals surface area contributed by atoms with Gasteiger partial charge in [0.15, 0.2) is 0 Å². The minimum absolute atomic E-state index is 0.295. The second-order valence-corrected chi connectivity index (χ2v) is 3.54. The highest BCUT2D eigenvalue weighted by molar-refractivity contribution is 5.82. The van der Waals surface area contributed by atoms with E-state index in [1.165, 1.54) is 6.07 Å². The van der Waals surface area contributed by atoms with Crippen LogP contribution in [0.1, 0.15) is 11.1 Å². The smallest absolute Gasteiger partial charge is 0.336 e. The molecule has 0 aliphatic heterocycles. The maximum Gasteiger partial charge on any atom is 0.336 e. The summed E-state index contributed by atoms with van der Waals surface area (Å²) in [6, 6.07) is 7.39. The molecule has 0 fully saturated rings. The Morgan fingerprint density at radius 3 is 3.00 bits per heavy atom. The molecular formula is C13H12O2. The van der Waals surface area contributed by atoms with Gasteiger partial charge in [-0.15, -0.1) is 6.58 Å². The molecule has 0 N–H and O–H groups in total. The number of aryl methyl sites for hydroxylation is 1. The van der Waals surface area contributed by atoms with Crippen molar-refractivity contribution in [1.82, 2.24) is 0 Å². The van der Waals surface area contributed by atoms with Crippen LogP contribution in [0.15, 0.2) is 46.1 Å². The Balaban J connectivity index is 2.84. The van der Waals surface area contributed by atoms with E-state index >= 15 is 0 Å². The van der Waals surface area contributed by atoms with Crippen LogP contribution in [0.4, 0.5) is 0 Å². The second-order valence-electron chi connectivity index (χ2n) is 3.54. The molecule has 0 radical (unpaired) electrons. The fraction of sp³-hybridized carbons (Fsp3) is 0.154. The minimum atomic E-state index is -0.295. The number of benzene rings is 1. The van der Waals surface area contributed by atoms with Crippen LogP contribution in [0.25, 0.3) is 11.0 Å². The van der Waals surface area contributed by atoms with Gasteiger partial charge >= 0.3 is 5.63 Å². The van der Waals surface area contributed by atoms with Gasteiger partial charge in [0.1, 0.15) is 5.58 Å². The lowest BCUT2D eigenvalue weighted by molar-refractivity contribution is 0.557. The fourth-order valence-electron chi connectivity index (χ4n) is 1.72. The average Bonchev–Trinajstić information content (AvgIpc) is 2.19. The highest BCUT2D eigenvalue weighted by Gasteiger charge is 2.05. The van der Waals surface area contributed by atoms with Gasteiger partial charge < -0.3 is 4.42 Å². The van der Waals surface area contributed by atoms with E-state index in [9.17, 15) is 4.79 Å². The average molecular weight is 200 g/mol. The molecular weight excluding hydrogens is 188 g/mol. The van der Waals surface area contributed by atoms with Gasteiger partial charge in [0.2, 0.25) is 0 Å². The van der Waals surface area contributed by atoms with E-state index in [2.05, 4.69) is 6.58 Å². The molecule has 0 atom stereocenters. The summed E-state index contributed by atoms with van der Waals surface area (Å²) in [7, 11) is 0. The van der Waals surface area contributed by atoms with Gasteiger partial charge in [0.05, 0.1) is 0 Å². The molecule has 0 amide bonds. The van der Waals surface area contributed by atoms with Gasteiger partial charge in [0, 0.05) is 11.5 Å². The predicted octanol–water partition coefficient (Wildman–Crippen LogP) is 2.83. The van der Waals surface area contributed by atoms with Crippen molar-refractivity contribution in [2.45, 2.75) is 13.3 Å². The number of para-hydroxylation sites is 1. The van der Waals surface area contributed by atoms with E-state index in [-0.39, 0.29) is 5.63 Å². The first-order valence-electron chi connectivity index (χ1n) is 4.85. The fourth-order valence-corrected chi connectivity index (χ4v) is 1.72. The highest BCUT2D eigenvalue weighted by Crippen LogP contribution is 2.20. The first kappa shape index (κ1) is 9.71. The van der Waals surface area contributed by atoms with Crippen molar-refractivity contribution in [3.05, 3.63) is 58.5 Å². The Hall–Kier alpha value is -1.83. The molecule has 2 nitrogen and oxygen atoms in total. The Kier molecular flexibility index (Phi) is 2.42. The Labute approximate surface area is 87.8 Å². The van der Waals surface area contributed by atoms with E-state index in [1.54, 1.807) is 6.08 Å².